The minimum absolute atomic E-state index is 0.142. The zero-order chi connectivity index (χ0) is 15.8. The first-order chi connectivity index (χ1) is 9.78. The molecule has 3 N–H and O–H groups in total. The second-order valence-corrected chi connectivity index (χ2v) is 7.77. The number of aryl methyl sites for hydroxylation is 1. The third-order valence-corrected chi connectivity index (χ3v) is 6.38. The van der Waals surface area contributed by atoms with Gasteiger partial charge in [-0.15, -0.1) is 0 Å². The van der Waals surface area contributed by atoms with Crippen molar-refractivity contribution < 1.29 is 13.5 Å². The van der Waals surface area contributed by atoms with Gasteiger partial charge in [-0.3, -0.25) is 0 Å². The largest absolute Gasteiger partial charge is 0.395 e. The van der Waals surface area contributed by atoms with Gasteiger partial charge in [-0.2, -0.15) is 4.31 Å². The SMILES string of the molecule is Cc1ccc(C(N)=S)cc1S(=O)(=O)N1CCC(C)C1CO. The van der Waals surface area contributed by atoms with Crippen LogP contribution in [0.5, 0.6) is 0 Å². The molecule has 2 unspecified atom stereocenters. The monoisotopic (exact) mass is 328 g/mol. The van der Waals surface area contributed by atoms with Gasteiger partial charge in [0.15, 0.2) is 0 Å². The summed E-state index contributed by atoms with van der Waals surface area (Å²) in [5.41, 5.74) is 6.76. The Hall–Kier alpha value is -1.02. The number of thiocarbonyl (C=S) groups is 1. The first-order valence-corrected chi connectivity index (χ1v) is 8.67. The molecule has 7 heteroatoms. The highest BCUT2D eigenvalue weighted by Gasteiger charge is 2.39. The third-order valence-electron chi connectivity index (χ3n) is 4.08. The van der Waals surface area contributed by atoms with Gasteiger partial charge < -0.3 is 10.8 Å². The fraction of sp³-hybridized carbons (Fsp3) is 0.500. The van der Waals surface area contributed by atoms with Gasteiger partial charge in [0.1, 0.15) is 4.99 Å². The smallest absolute Gasteiger partial charge is 0.243 e. The molecule has 2 atom stereocenters. The number of aliphatic hydroxyl groups is 1. The van der Waals surface area contributed by atoms with Gasteiger partial charge in [0.2, 0.25) is 10.0 Å². The topological polar surface area (TPSA) is 83.6 Å². The molecule has 0 bridgehead atoms. The molecular formula is C14H20N2O3S2. The highest BCUT2D eigenvalue weighted by atomic mass is 32.2. The van der Waals surface area contributed by atoms with Crippen LogP contribution in [0.1, 0.15) is 24.5 Å². The highest BCUT2D eigenvalue weighted by Crippen LogP contribution is 2.31. The van der Waals surface area contributed by atoms with Crippen LogP contribution in [-0.4, -0.2) is 42.0 Å². The number of benzene rings is 1. The standard InChI is InChI=1S/C14H20N2O3S2/c1-9-5-6-16(12(9)8-17)21(18,19)13-7-11(14(15)20)4-3-10(13)2/h3-4,7,9,12,17H,5-6,8H2,1-2H3,(H2,15,20). The molecular weight excluding hydrogens is 308 g/mol. The maximum absolute atomic E-state index is 12.9. The number of hydrogen-bond acceptors (Lipinski definition) is 4. The number of rotatable bonds is 4. The van der Waals surface area contributed by atoms with Crippen LogP contribution in [0.2, 0.25) is 0 Å². The predicted molar refractivity (Wildman–Crippen MR) is 85.6 cm³/mol. The van der Waals surface area contributed by atoms with E-state index in [1.165, 1.54) is 10.4 Å². The first kappa shape index (κ1) is 16.4. The van der Waals surface area contributed by atoms with E-state index in [-0.39, 0.29) is 28.5 Å². The molecule has 116 valence electrons. The molecule has 0 saturated carbocycles. The van der Waals surface area contributed by atoms with Crippen LogP contribution < -0.4 is 5.73 Å². The second-order valence-electron chi connectivity index (χ2n) is 5.48. The molecule has 1 fully saturated rings. The molecule has 0 radical (unpaired) electrons. The van der Waals surface area contributed by atoms with Crippen molar-refractivity contribution in [1.29, 1.82) is 0 Å². The van der Waals surface area contributed by atoms with Crippen molar-refractivity contribution in [3.8, 4) is 0 Å². The Morgan fingerprint density at radius 3 is 2.76 bits per heavy atom. The minimum Gasteiger partial charge on any atom is -0.395 e. The van der Waals surface area contributed by atoms with Crippen LogP contribution in [0.25, 0.3) is 0 Å². The lowest BCUT2D eigenvalue weighted by Crippen LogP contribution is -2.40. The minimum atomic E-state index is -3.66. The highest BCUT2D eigenvalue weighted by molar-refractivity contribution is 7.89. The van der Waals surface area contributed by atoms with E-state index in [2.05, 4.69) is 0 Å². The number of nitrogens with two attached hydrogens (primary N) is 1. The molecule has 5 nitrogen and oxygen atoms in total. The molecule has 1 aromatic rings. The second kappa shape index (κ2) is 6.00. The van der Waals surface area contributed by atoms with E-state index >= 15 is 0 Å². The molecule has 21 heavy (non-hydrogen) atoms. The Balaban J connectivity index is 2.49. The van der Waals surface area contributed by atoms with Crippen molar-refractivity contribution in [2.45, 2.75) is 31.2 Å². The summed E-state index contributed by atoms with van der Waals surface area (Å²) in [5.74, 6) is 0.142. The van der Waals surface area contributed by atoms with Crippen molar-refractivity contribution in [3.63, 3.8) is 0 Å². The van der Waals surface area contributed by atoms with Crippen molar-refractivity contribution in [1.82, 2.24) is 4.31 Å². The van der Waals surface area contributed by atoms with Gasteiger partial charge >= 0.3 is 0 Å². The Kier molecular flexibility index (Phi) is 4.67. The molecule has 1 aliphatic heterocycles. The summed E-state index contributed by atoms with van der Waals surface area (Å²) < 4.78 is 27.1. The maximum Gasteiger partial charge on any atom is 0.243 e. The molecule has 0 aliphatic carbocycles. The van der Waals surface area contributed by atoms with Gasteiger partial charge in [-0.1, -0.05) is 31.3 Å². The summed E-state index contributed by atoms with van der Waals surface area (Å²) in [6.07, 6.45) is 0.749. The molecule has 0 spiro atoms. The lowest BCUT2D eigenvalue weighted by molar-refractivity contribution is 0.191. The van der Waals surface area contributed by atoms with E-state index in [0.717, 1.165) is 6.42 Å². The van der Waals surface area contributed by atoms with Crippen molar-refractivity contribution in [2.24, 2.45) is 11.7 Å². The number of hydrogen-bond donors (Lipinski definition) is 2. The van der Waals surface area contributed by atoms with Gasteiger partial charge in [-0.05, 0) is 30.9 Å². The lowest BCUT2D eigenvalue weighted by Gasteiger charge is -2.25. The summed E-state index contributed by atoms with van der Waals surface area (Å²) in [6.45, 7) is 3.94. The van der Waals surface area contributed by atoms with Crippen LogP contribution >= 0.6 is 12.2 Å². The van der Waals surface area contributed by atoms with Crippen molar-refractivity contribution >= 4 is 27.2 Å². The van der Waals surface area contributed by atoms with E-state index in [9.17, 15) is 13.5 Å². The zero-order valence-corrected chi connectivity index (χ0v) is 13.7. The molecule has 0 aromatic heterocycles. The Bertz CT molecular complexity index is 658. The van der Waals surface area contributed by atoms with E-state index in [1.54, 1.807) is 19.1 Å². The molecule has 0 amide bonds. The normalized spacial score (nSPS) is 23.4. The summed E-state index contributed by atoms with van der Waals surface area (Å²) in [4.78, 5) is 0.375. The molecule has 2 rings (SSSR count). The van der Waals surface area contributed by atoms with Crippen LogP contribution in [0, 0.1) is 12.8 Å². The van der Waals surface area contributed by atoms with E-state index < -0.39 is 10.0 Å². The maximum atomic E-state index is 12.9. The Morgan fingerprint density at radius 2 is 2.19 bits per heavy atom. The zero-order valence-electron chi connectivity index (χ0n) is 12.1. The lowest BCUT2D eigenvalue weighted by atomic mass is 10.0. The Morgan fingerprint density at radius 1 is 1.52 bits per heavy atom. The first-order valence-electron chi connectivity index (χ1n) is 6.82. The predicted octanol–water partition coefficient (Wildman–Crippen LogP) is 1.02. The van der Waals surface area contributed by atoms with Crippen LogP contribution in [-0.2, 0) is 10.0 Å². The molecule has 1 aliphatic rings. The van der Waals surface area contributed by atoms with Crippen molar-refractivity contribution in [3.05, 3.63) is 29.3 Å². The van der Waals surface area contributed by atoms with Crippen LogP contribution in [0.15, 0.2) is 23.1 Å². The summed E-state index contributed by atoms with van der Waals surface area (Å²) in [5, 5.41) is 9.48. The average molecular weight is 328 g/mol. The van der Waals surface area contributed by atoms with Crippen LogP contribution in [0.4, 0.5) is 0 Å². The summed E-state index contributed by atoms with van der Waals surface area (Å²) in [7, 11) is -3.66. The van der Waals surface area contributed by atoms with Gasteiger partial charge in [0.25, 0.3) is 0 Å². The van der Waals surface area contributed by atoms with Gasteiger partial charge in [0.05, 0.1) is 17.5 Å². The third kappa shape index (κ3) is 2.96. The van der Waals surface area contributed by atoms with E-state index in [1.807, 2.05) is 6.92 Å². The number of aliphatic hydroxyl groups excluding tert-OH is 1. The quantitative estimate of drug-likeness (QED) is 0.806. The molecule has 1 aromatic carbocycles. The van der Waals surface area contributed by atoms with Gasteiger partial charge in [0, 0.05) is 12.1 Å². The Labute approximate surface area is 130 Å². The molecule has 1 saturated heterocycles. The van der Waals surface area contributed by atoms with Crippen LogP contribution in [0.3, 0.4) is 0 Å². The van der Waals surface area contributed by atoms with E-state index in [4.69, 9.17) is 18.0 Å². The van der Waals surface area contributed by atoms with Gasteiger partial charge in [-0.25, -0.2) is 8.42 Å². The number of nitrogens with zero attached hydrogens (tertiary/aromatic N) is 1. The summed E-state index contributed by atoms with van der Waals surface area (Å²) >= 11 is 4.92. The summed E-state index contributed by atoms with van der Waals surface area (Å²) in [6, 6.07) is 4.56. The number of sulfonamides is 1. The molecule has 1 heterocycles. The fourth-order valence-corrected chi connectivity index (χ4v) is 4.81. The fourth-order valence-electron chi connectivity index (χ4n) is 2.70. The van der Waals surface area contributed by atoms with E-state index in [0.29, 0.717) is 17.7 Å². The van der Waals surface area contributed by atoms with Crippen molar-refractivity contribution in [2.75, 3.05) is 13.2 Å². The average Bonchev–Trinajstić information content (AvgIpc) is 2.80.